The van der Waals surface area contributed by atoms with Crippen LogP contribution in [0.1, 0.15) is 24.5 Å². The second-order valence-electron chi connectivity index (χ2n) is 4.77. The molecular formula is C12H14N2O3S. The van der Waals surface area contributed by atoms with Gasteiger partial charge >= 0.3 is 0 Å². The maximum atomic E-state index is 11.6. The predicted octanol–water partition coefficient (Wildman–Crippen LogP) is 1.33. The van der Waals surface area contributed by atoms with Crippen LogP contribution in [0.4, 0.5) is 0 Å². The molecule has 1 aliphatic heterocycles. The van der Waals surface area contributed by atoms with Crippen molar-refractivity contribution < 1.29 is 13.5 Å². The number of sulfone groups is 1. The van der Waals surface area contributed by atoms with E-state index in [1.807, 2.05) is 0 Å². The first-order valence-corrected chi connectivity index (χ1v) is 7.74. The van der Waals surface area contributed by atoms with Gasteiger partial charge in [-0.2, -0.15) is 0 Å². The molecular weight excluding hydrogens is 252 g/mol. The summed E-state index contributed by atoms with van der Waals surface area (Å²) in [5, 5.41) is 9.39. The Hall–Kier alpha value is -1.56. The minimum absolute atomic E-state index is 0.0224. The predicted molar refractivity (Wildman–Crippen MR) is 67.5 cm³/mol. The summed E-state index contributed by atoms with van der Waals surface area (Å²) in [5.74, 6) is 0.620. The number of pyridine rings is 1. The van der Waals surface area contributed by atoms with Crippen LogP contribution < -0.4 is 0 Å². The standard InChI is InChI=1S/C12H14N2O3S/c15-10-3-4-12-13-11(7-14(12)6-10)9-2-1-5-18(16,17)8-9/h3-4,6-7,9,15H,1-2,5,8H2. The number of hydrogen-bond acceptors (Lipinski definition) is 4. The van der Waals surface area contributed by atoms with Crippen LogP contribution in [0.2, 0.25) is 0 Å². The molecule has 2 aromatic rings. The van der Waals surface area contributed by atoms with E-state index in [0.29, 0.717) is 6.42 Å². The van der Waals surface area contributed by atoms with Crippen LogP contribution >= 0.6 is 0 Å². The Morgan fingerprint density at radius 1 is 1.33 bits per heavy atom. The molecule has 0 aromatic carbocycles. The summed E-state index contributed by atoms with van der Waals surface area (Å²) in [5.41, 5.74) is 1.52. The quantitative estimate of drug-likeness (QED) is 0.845. The molecule has 0 spiro atoms. The SMILES string of the molecule is O=S1(=O)CCCC(c2cn3cc(O)ccc3n2)C1. The summed E-state index contributed by atoms with van der Waals surface area (Å²) in [7, 11) is -2.92. The second kappa shape index (κ2) is 3.98. The third-order valence-electron chi connectivity index (χ3n) is 3.34. The van der Waals surface area contributed by atoms with Gasteiger partial charge in [-0.15, -0.1) is 0 Å². The molecule has 6 heteroatoms. The van der Waals surface area contributed by atoms with E-state index in [1.165, 1.54) is 0 Å². The van der Waals surface area contributed by atoms with E-state index < -0.39 is 9.84 Å². The molecule has 0 bridgehead atoms. The van der Waals surface area contributed by atoms with Gasteiger partial charge in [0.2, 0.25) is 0 Å². The van der Waals surface area contributed by atoms with Crippen molar-refractivity contribution in [3.05, 3.63) is 30.2 Å². The summed E-state index contributed by atoms with van der Waals surface area (Å²) >= 11 is 0. The fourth-order valence-electron chi connectivity index (χ4n) is 2.45. The highest BCUT2D eigenvalue weighted by Gasteiger charge is 2.27. The minimum Gasteiger partial charge on any atom is -0.506 e. The zero-order valence-electron chi connectivity index (χ0n) is 9.78. The van der Waals surface area contributed by atoms with Crippen molar-refractivity contribution >= 4 is 15.5 Å². The normalized spacial score (nSPS) is 23.2. The lowest BCUT2D eigenvalue weighted by Crippen LogP contribution is -2.23. The molecule has 96 valence electrons. The maximum absolute atomic E-state index is 11.6. The zero-order valence-corrected chi connectivity index (χ0v) is 10.6. The lowest BCUT2D eigenvalue weighted by Gasteiger charge is -2.19. The van der Waals surface area contributed by atoms with E-state index in [-0.39, 0.29) is 23.2 Å². The maximum Gasteiger partial charge on any atom is 0.150 e. The summed E-state index contributed by atoms with van der Waals surface area (Å²) in [6.45, 7) is 0. The van der Waals surface area contributed by atoms with Crippen LogP contribution in [0.5, 0.6) is 5.75 Å². The third-order valence-corrected chi connectivity index (χ3v) is 5.16. The van der Waals surface area contributed by atoms with Crippen molar-refractivity contribution in [3.63, 3.8) is 0 Å². The van der Waals surface area contributed by atoms with Gasteiger partial charge in [0.05, 0.1) is 23.4 Å². The molecule has 1 fully saturated rings. The number of fused-ring (bicyclic) bond motifs is 1. The van der Waals surface area contributed by atoms with Gasteiger partial charge in [-0.1, -0.05) is 0 Å². The van der Waals surface area contributed by atoms with Crippen molar-refractivity contribution in [2.75, 3.05) is 11.5 Å². The number of aromatic nitrogens is 2. The minimum atomic E-state index is -2.92. The third kappa shape index (κ3) is 2.08. The fourth-order valence-corrected chi connectivity index (χ4v) is 4.18. The van der Waals surface area contributed by atoms with Gasteiger partial charge in [0.25, 0.3) is 0 Å². The van der Waals surface area contributed by atoms with Gasteiger partial charge in [0.1, 0.15) is 11.4 Å². The first-order chi connectivity index (χ1) is 8.53. The number of imidazole rings is 1. The van der Waals surface area contributed by atoms with E-state index in [1.54, 1.807) is 28.9 Å². The van der Waals surface area contributed by atoms with Gasteiger partial charge in [-0.3, -0.25) is 0 Å². The molecule has 1 unspecified atom stereocenters. The molecule has 0 radical (unpaired) electrons. The molecule has 3 heterocycles. The number of rotatable bonds is 1. The Balaban J connectivity index is 1.99. The average Bonchev–Trinajstić information content (AvgIpc) is 2.70. The van der Waals surface area contributed by atoms with Crippen molar-refractivity contribution in [3.8, 4) is 5.75 Å². The Morgan fingerprint density at radius 3 is 2.94 bits per heavy atom. The van der Waals surface area contributed by atoms with E-state index >= 15 is 0 Å². The molecule has 2 aromatic heterocycles. The van der Waals surface area contributed by atoms with E-state index in [2.05, 4.69) is 4.98 Å². The fraction of sp³-hybridized carbons (Fsp3) is 0.417. The van der Waals surface area contributed by atoms with E-state index in [4.69, 9.17) is 0 Å². The van der Waals surface area contributed by atoms with Crippen LogP contribution in [0.3, 0.4) is 0 Å². The first-order valence-electron chi connectivity index (χ1n) is 5.91. The zero-order chi connectivity index (χ0) is 12.8. The highest BCUT2D eigenvalue weighted by atomic mass is 32.2. The molecule has 1 N–H and O–H groups in total. The number of nitrogens with zero attached hydrogens (tertiary/aromatic N) is 2. The van der Waals surface area contributed by atoms with Crippen molar-refractivity contribution in [1.29, 1.82) is 0 Å². The van der Waals surface area contributed by atoms with Gasteiger partial charge in [-0.25, -0.2) is 13.4 Å². The van der Waals surface area contributed by atoms with Gasteiger partial charge in [0, 0.05) is 12.1 Å². The average molecular weight is 266 g/mol. The van der Waals surface area contributed by atoms with E-state index in [9.17, 15) is 13.5 Å². The van der Waals surface area contributed by atoms with Crippen LogP contribution in [0, 0.1) is 0 Å². The summed E-state index contributed by atoms with van der Waals surface area (Å²) in [6, 6.07) is 3.29. The largest absolute Gasteiger partial charge is 0.506 e. The lowest BCUT2D eigenvalue weighted by atomic mass is 10.0. The highest BCUT2D eigenvalue weighted by molar-refractivity contribution is 7.91. The number of hydrogen-bond donors (Lipinski definition) is 1. The van der Waals surface area contributed by atoms with Gasteiger partial charge in [-0.05, 0) is 25.0 Å². The molecule has 1 saturated heterocycles. The topological polar surface area (TPSA) is 71.7 Å². The molecule has 3 rings (SSSR count). The monoisotopic (exact) mass is 266 g/mol. The van der Waals surface area contributed by atoms with Gasteiger partial charge in [0.15, 0.2) is 9.84 Å². The molecule has 1 atom stereocenters. The first kappa shape index (κ1) is 11.5. The lowest BCUT2D eigenvalue weighted by molar-refractivity contribution is 0.472. The molecule has 5 nitrogen and oxygen atoms in total. The van der Waals surface area contributed by atoms with E-state index in [0.717, 1.165) is 17.8 Å². The molecule has 1 aliphatic rings. The van der Waals surface area contributed by atoms with Crippen LogP contribution in [-0.2, 0) is 9.84 Å². The molecule has 0 aliphatic carbocycles. The summed E-state index contributed by atoms with van der Waals surface area (Å²) in [6.07, 6.45) is 4.94. The summed E-state index contributed by atoms with van der Waals surface area (Å²) < 4.78 is 25.0. The molecule has 0 amide bonds. The van der Waals surface area contributed by atoms with Crippen LogP contribution in [0.25, 0.3) is 5.65 Å². The molecule has 18 heavy (non-hydrogen) atoms. The van der Waals surface area contributed by atoms with Gasteiger partial charge < -0.3 is 9.51 Å². The summed E-state index contributed by atoms with van der Waals surface area (Å²) in [4.78, 5) is 4.43. The Kier molecular flexibility index (Phi) is 2.55. The molecule has 0 saturated carbocycles. The van der Waals surface area contributed by atoms with Crippen molar-refractivity contribution in [2.45, 2.75) is 18.8 Å². The Bertz CT molecular complexity index is 690. The van der Waals surface area contributed by atoms with Crippen molar-refractivity contribution in [2.24, 2.45) is 0 Å². The van der Waals surface area contributed by atoms with Crippen LogP contribution in [-0.4, -0.2) is 34.4 Å². The smallest absolute Gasteiger partial charge is 0.150 e. The number of aromatic hydroxyl groups is 1. The second-order valence-corrected chi connectivity index (χ2v) is 7.00. The highest BCUT2D eigenvalue weighted by Crippen LogP contribution is 2.28. The van der Waals surface area contributed by atoms with Crippen molar-refractivity contribution in [1.82, 2.24) is 9.38 Å². The Morgan fingerprint density at radius 2 is 2.17 bits per heavy atom. The Labute approximate surface area is 105 Å². The van der Waals surface area contributed by atoms with Crippen LogP contribution in [0.15, 0.2) is 24.5 Å².